The summed E-state index contributed by atoms with van der Waals surface area (Å²) in [6.45, 7) is 13.6. The Labute approximate surface area is 167 Å². The van der Waals surface area contributed by atoms with E-state index < -0.39 is 0 Å². The first-order valence-electron chi connectivity index (χ1n) is 9.99. The molecule has 0 saturated carbocycles. The Kier molecular flexibility index (Phi) is 7.77. The highest BCUT2D eigenvalue weighted by atomic mass is 16.6. The average Bonchev–Trinajstić information content (AvgIpc) is 2.98. The fourth-order valence-electron chi connectivity index (χ4n) is 2.98. The molecule has 0 aromatic carbocycles. The Balaban J connectivity index is 2.16. The van der Waals surface area contributed by atoms with Gasteiger partial charge < -0.3 is 15.6 Å². The summed E-state index contributed by atoms with van der Waals surface area (Å²) in [5.41, 5.74) is 12.8. The van der Waals surface area contributed by atoms with Gasteiger partial charge in [-0.05, 0) is 46.1 Å². The first-order chi connectivity index (χ1) is 13.2. The number of amides is 1. The minimum atomic E-state index is 0.0101. The summed E-state index contributed by atoms with van der Waals surface area (Å²) in [4.78, 5) is 26.4. The second-order valence-electron chi connectivity index (χ2n) is 7.80. The van der Waals surface area contributed by atoms with Crippen molar-refractivity contribution in [2.75, 3.05) is 12.3 Å². The van der Waals surface area contributed by atoms with Crippen molar-refractivity contribution in [2.24, 2.45) is 5.92 Å². The largest absolute Gasteiger partial charge is 0.382 e. The molecule has 0 aliphatic rings. The molecule has 4 N–H and O–H groups in total. The lowest BCUT2D eigenvalue weighted by Gasteiger charge is -2.13. The number of nitrogens with zero attached hydrogens (tertiary/aromatic N) is 3. The molecule has 0 spiro atoms. The number of pyridine rings is 1. The number of nitrogens with two attached hydrogens (primary N) is 1. The molecule has 0 radical (unpaired) electrons. The number of anilines is 1. The zero-order chi connectivity index (χ0) is 20.8. The van der Waals surface area contributed by atoms with Gasteiger partial charge in [-0.25, -0.2) is 9.97 Å². The number of carbonyl (C=O) groups is 1. The quantitative estimate of drug-likeness (QED) is 0.425. The molecule has 0 aliphatic carbocycles. The zero-order valence-corrected chi connectivity index (χ0v) is 17.9. The van der Waals surface area contributed by atoms with E-state index in [0.29, 0.717) is 19.0 Å². The van der Waals surface area contributed by atoms with E-state index in [1.165, 1.54) is 0 Å². The number of fused-ring (bicyclic) bond motifs is 1. The van der Waals surface area contributed by atoms with Crippen molar-refractivity contribution in [2.45, 2.75) is 73.6 Å². The number of hydrogen-bond donors (Lipinski definition) is 3. The standard InChI is InChI=1S/C20H34N6O2/c1-12(2)20(27)22-9-7-8-10-26-16(11-28-25-13(3)4)24-17-18(26)14(5)15(6)23-19(17)21/h12-13,25H,7-11H2,1-6H3,(H2,21,23)(H,22,27). The van der Waals surface area contributed by atoms with E-state index in [9.17, 15) is 4.79 Å². The van der Waals surface area contributed by atoms with Gasteiger partial charge in [-0.15, -0.1) is 0 Å². The van der Waals surface area contributed by atoms with E-state index in [4.69, 9.17) is 15.6 Å². The number of rotatable bonds is 10. The molecule has 0 unspecified atom stereocenters. The second-order valence-corrected chi connectivity index (χ2v) is 7.80. The Morgan fingerprint density at radius 1 is 1.18 bits per heavy atom. The van der Waals surface area contributed by atoms with Crippen LogP contribution in [0.15, 0.2) is 0 Å². The smallest absolute Gasteiger partial charge is 0.222 e. The summed E-state index contributed by atoms with van der Waals surface area (Å²) in [6, 6.07) is 0.220. The molecule has 0 fully saturated rings. The number of imidazole rings is 1. The predicted molar refractivity (Wildman–Crippen MR) is 112 cm³/mol. The van der Waals surface area contributed by atoms with E-state index in [2.05, 4.69) is 20.3 Å². The minimum Gasteiger partial charge on any atom is -0.382 e. The Bertz CT molecular complexity index is 813. The molecule has 28 heavy (non-hydrogen) atoms. The van der Waals surface area contributed by atoms with E-state index in [1.54, 1.807) is 0 Å². The molecule has 0 saturated heterocycles. The summed E-state index contributed by atoms with van der Waals surface area (Å²) < 4.78 is 2.17. The topological polar surface area (TPSA) is 107 Å². The van der Waals surface area contributed by atoms with E-state index in [-0.39, 0.29) is 17.9 Å². The van der Waals surface area contributed by atoms with Crippen molar-refractivity contribution >= 4 is 22.8 Å². The van der Waals surface area contributed by atoms with Gasteiger partial charge in [0.25, 0.3) is 0 Å². The van der Waals surface area contributed by atoms with Crippen LogP contribution in [0.5, 0.6) is 0 Å². The molecule has 0 bridgehead atoms. The fourth-order valence-corrected chi connectivity index (χ4v) is 2.98. The molecule has 2 heterocycles. The minimum absolute atomic E-state index is 0.0101. The van der Waals surface area contributed by atoms with E-state index >= 15 is 0 Å². The molecule has 0 aliphatic heterocycles. The van der Waals surface area contributed by atoms with Gasteiger partial charge in [0, 0.05) is 30.7 Å². The molecule has 2 aromatic heterocycles. The second kappa shape index (κ2) is 9.84. The van der Waals surface area contributed by atoms with Crippen LogP contribution in [0.1, 0.15) is 57.6 Å². The van der Waals surface area contributed by atoms with Crippen LogP contribution < -0.4 is 16.5 Å². The highest BCUT2D eigenvalue weighted by Crippen LogP contribution is 2.26. The predicted octanol–water partition coefficient (Wildman–Crippen LogP) is 2.61. The molecular formula is C20H34N6O2. The van der Waals surface area contributed by atoms with Crippen LogP contribution >= 0.6 is 0 Å². The van der Waals surface area contributed by atoms with Gasteiger partial charge in [-0.3, -0.25) is 9.63 Å². The lowest BCUT2D eigenvalue weighted by molar-refractivity contribution is -0.123. The molecule has 156 valence electrons. The first-order valence-corrected chi connectivity index (χ1v) is 9.99. The van der Waals surface area contributed by atoms with Gasteiger partial charge in [0.1, 0.15) is 17.9 Å². The maximum atomic E-state index is 11.7. The zero-order valence-electron chi connectivity index (χ0n) is 17.9. The Hall–Kier alpha value is -2.19. The number of nitrogens with one attached hydrogen (secondary N) is 2. The number of nitrogen functional groups attached to an aromatic ring is 1. The van der Waals surface area contributed by atoms with E-state index in [1.807, 2.05) is 41.5 Å². The van der Waals surface area contributed by atoms with Crippen LogP contribution in [0.4, 0.5) is 5.82 Å². The summed E-state index contributed by atoms with van der Waals surface area (Å²) >= 11 is 0. The van der Waals surface area contributed by atoms with Gasteiger partial charge >= 0.3 is 0 Å². The molecule has 8 nitrogen and oxygen atoms in total. The van der Waals surface area contributed by atoms with Crippen LogP contribution in [0.25, 0.3) is 11.0 Å². The van der Waals surface area contributed by atoms with Gasteiger partial charge in [0.15, 0.2) is 5.82 Å². The number of aryl methyl sites for hydroxylation is 3. The third kappa shape index (κ3) is 5.42. The number of aromatic nitrogens is 3. The number of hydroxylamine groups is 1. The van der Waals surface area contributed by atoms with Crippen LogP contribution in [-0.2, 0) is 22.8 Å². The van der Waals surface area contributed by atoms with E-state index in [0.717, 1.165) is 47.5 Å². The monoisotopic (exact) mass is 390 g/mol. The Morgan fingerprint density at radius 2 is 1.89 bits per heavy atom. The molecular weight excluding hydrogens is 356 g/mol. The van der Waals surface area contributed by atoms with Gasteiger partial charge in [-0.2, -0.15) is 5.48 Å². The lowest BCUT2D eigenvalue weighted by Crippen LogP contribution is -2.28. The number of unbranched alkanes of at least 4 members (excludes halogenated alkanes) is 1. The average molecular weight is 391 g/mol. The summed E-state index contributed by atoms with van der Waals surface area (Å²) in [5, 5.41) is 2.96. The number of carbonyl (C=O) groups excluding carboxylic acids is 1. The van der Waals surface area contributed by atoms with Crippen molar-refractivity contribution in [3.8, 4) is 0 Å². The van der Waals surface area contributed by atoms with Crippen molar-refractivity contribution in [3.63, 3.8) is 0 Å². The highest BCUT2D eigenvalue weighted by molar-refractivity contribution is 5.88. The van der Waals surface area contributed by atoms with Crippen LogP contribution in [-0.4, -0.2) is 33.0 Å². The van der Waals surface area contributed by atoms with Crippen molar-refractivity contribution in [1.82, 2.24) is 25.3 Å². The third-order valence-corrected chi connectivity index (χ3v) is 4.63. The van der Waals surface area contributed by atoms with Crippen molar-refractivity contribution in [3.05, 3.63) is 17.1 Å². The maximum absolute atomic E-state index is 11.7. The van der Waals surface area contributed by atoms with Gasteiger partial charge in [-0.1, -0.05) is 13.8 Å². The van der Waals surface area contributed by atoms with Gasteiger partial charge in [0.05, 0.1) is 5.52 Å². The molecule has 8 heteroatoms. The Morgan fingerprint density at radius 3 is 2.54 bits per heavy atom. The highest BCUT2D eigenvalue weighted by Gasteiger charge is 2.18. The SMILES string of the molecule is Cc1nc(N)c2nc(CONC(C)C)n(CCCCNC(=O)C(C)C)c2c1C. The summed E-state index contributed by atoms with van der Waals surface area (Å²) in [7, 11) is 0. The first kappa shape index (κ1) is 22.1. The maximum Gasteiger partial charge on any atom is 0.222 e. The van der Waals surface area contributed by atoms with Crippen LogP contribution in [0, 0.1) is 19.8 Å². The third-order valence-electron chi connectivity index (χ3n) is 4.63. The summed E-state index contributed by atoms with van der Waals surface area (Å²) in [5.74, 6) is 1.36. The normalized spacial score (nSPS) is 11.7. The molecule has 2 rings (SSSR count). The lowest BCUT2D eigenvalue weighted by atomic mass is 10.2. The summed E-state index contributed by atoms with van der Waals surface area (Å²) in [6.07, 6.45) is 1.80. The fraction of sp³-hybridized carbons (Fsp3) is 0.650. The number of hydrogen-bond acceptors (Lipinski definition) is 6. The van der Waals surface area contributed by atoms with Gasteiger partial charge in [0.2, 0.25) is 5.91 Å². The van der Waals surface area contributed by atoms with Crippen LogP contribution in [0.3, 0.4) is 0 Å². The molecule has 0 atom stereocenters. The molecule has 1 amide bonds. The molecule has 2 aromatic rings. The van der Waals surface area contributed by atoms with Crippen molar-refractivity contribution < 1.29 is 9.63 Å². The van der Waals surface area contributed by atoms with Crippen LogP contribution in [0.2, 0.25) is 0 Å². The van der Waals surface area contributed by atoms with Crippen molar-refractivity contribution in [1.29, 1.82) is 0 Å².